The third-order valence-corrected chi connectivity index (χ3v) is 25.2. The van der Waals surface area contributed by atoms with Crippen LogP contribution in [0.5, 0.6) is 11.5 Å². The monoisotopic (exact) mass is 1920 g/mol. The number of ether oxygens (including phenoxy) is 2. The molecule has 24 heteroatoms. The third kappa shape index (κ3) is 35.3. The summed E-state index contributed by atoms with van der Waals surface area (Å²) in [5.41, 5.74) is 2.38. The fraction of sp³-hybridized carbons (Fsp3) is 0.369. The summed E-state index contributed by atoms with van der Waals surface area (Å²) in [6, 6.07) is 61.0. The van der Waals surface area contributed by atoms with E-state index >= 15 is 0 Å². The molecule has 0 radical (unpaired) electrons. The smallest absolute Gasteiger partial charge is 0.251 e. The largest absolute Gasteiger partial charge is 0.497 e. The minimum absolute atomic E-state index is 0.00879. The second-order valence-electron chi connectivity index (χ2n) is 35.2. The van der Waals surface area contributed by atoms with Crippen molar-refractivity contribution in [1.29, 1.82) is 0 Å². The van der Waals surface area contributed by atoms with Crippen LogP contribution >= 0.6 is 58.0 Å². The Balaban J connectivity index is 0.000000175. The van der Waals surface area contributed by atoms with E-state index in [1.54, 1.807) is 91.0 Å². The Morgan fingerprint density at radius 2 is 0.689 bits per heavy atom. The first-order valence-electron chi connectivity index (χ1n) is 45.8. The van der Waals surface area contributed by atoms with Crippen LogP contribution < -0.4 is 36.1 Å². The molecule has 18 nitrogen and oxygen atoms in total. The van der Waals surface area contributed by atoms with Crippen LogP contribution in [0.4, 0.5) is 4.39 Å². The van der Waals surface area contributed by atoms with E-state index in [-0.39, 0.29) is 89.9 Å². The number of hydrogen-bond acceptors (Lipinski definition) is 13. The van der Waals surface area contributed by atoms with E-state index in [2.05, 4.69) is 85.8 Å². The van der Waals surface area contributed by atoms with Gasteiger partial charge in [-0.25, -0.2) is 4.39 Å². The first kappa shape index (κ1) is 106. The van der Waals surface area contributed by atoms with Crippen molar-refractivity contribution >= 4 is 93.3 Å². The second kappa shape index (κ2) is 51.5. The van der Waals surface area contributed by atoms with Gasteiger partial charge in [-0.3, -0.25) is 28.8 Å². The molecule has 5 amide bonds. The average molecular weight is 1930 g/mol. The van der Waals surface area contributed by atoms with E-state index < -0.39 is 33.8 Å². The number of nitrogens with one attached hydrogen (secondary N) is 5. The maximum Gasteiger partial charge on any atom is 0.251 e. The highest BCUT2D eigenvalue weighted by molar-refractivity contribution is 6.32. The quantitative estimate of drug-likeness (QED) is 0.0300. The zero-order chi connectivity index (χ0) is 97.1. The Morgan fingerprint density at radius 3 is 0.993 bits per heavy atom. The van der Waals surface area contributed by atoms with Gasteiger partial charge >= 0.3 is 0 Å². The van der Waals surface area contributed by atoms with E-state index in [9.17, 15) is 58.7 Å². The molecule has 10 N–H and O–H groups in total. The van der Waals surface area contributed by atoms with Crippen LogP contribution in [0.3, 0.4) is 0 Å². The Bertz CT molecular complexity index is 5790. The van der Waals surface area contributed by atoms with Gasteiger partial charge in [0, 0.05) is 151 Å². The molecule has 9 aromatic rings. The van der Waals surface area contributed by atoms with Crippen molar-refractivity contribution in [2.45, 2.75) is 240 Å². The van der Waals surface area contributed by atoms with Crippen molar-refractivity contribution in [2.75, 3.05) is 14.2 Å². The normalized spacial score (nSPS) is 21.8. The highest BCUT2D eigenvalue weighted by atomic mass is 35.5. The van der Waals surface area contributed by atoms with Gasteiger partial charge in [0.15, 0.2) is 5.78 Å². The molecule has 14 rings (SSSR count). The summed E-state index contributed by atoms with van der Waals surface area (Å²) in [6.07, 6.45) is 14.8. The molecule has 5 aliphatic rings. The predicted octanol–water partition coefficient (Wildman–Crippen LogP) is 20.2. The molecule has 5 aliphatic carbocycles. The number of rotatable bonds is 17. The van der Waals surface area contributed by atoms with Crippen LogP contribution in [-0.4, -0.2) is 133 Å². The maximum atomic E-state index is 13.3. The van der Waals surface area contributed by atoms with Crippen LogP contribution in [0.1, 0.15) is 248 Å². The van der Waals surface area contributed by atoms with Gasteiger partial charge in [0.05, 0.1) is 19.8 Å². The zero-order valence-electron chi connectivity index (χ0n) is 76.9. The molecular weight excluding hydrogens is 1810 g/mol. The molecule has 0 unspecified atom stereocenters. The highest BCUT2D eigenvalue weighted by Gasteiger charge is 2.39. The van der Waals surface area contributed by atoms with Gasteiger partial charge in [0.2, 0.25) is 11.8 Å². The molecule has 9 aromatic carbocycles. The first-order valence-corrected chi connectivity index (χ1v) is 47.7. The second-order valence-corrected chi connectivity index (χ2v) is 37.3. The van der Waals surface area contributed by atoms with Gasteiger partial charge < -0.3 is 61.6 Å². The number of carbonyl (C=O) groups is 6. The Kier molecular flexibility index (Phi) is 40.3. The van der Waals surface area contributed by atoms with Crippen LogP contribution in [-0.2, 0) is 9.59 Å². The van der Waals surface area contributed by atoms with Crippen molar-refractivity contribution in [3.05, 3.63) is 304 Å². The minimum Gasteiger partial charge on any atom is -0.497 e. The van der Waals surface area contributed by atoms with E-state index in [4.69, 9.17) is 67.5 Å². The van der Waals surface area contributed by atoms with Crippen molar-refractivity contribution in [3.8, 4) is 70.7 Å². The molecule has 0 aromatic heterocycles. The van der Waals surface area contributed by atoms with E-state index in [1.807, 2.05) is 131 Å². The third-order valence-electron chi connectivity index (χ3n) is 24.0. The molecule has 135 heavy (non-hydrogen) atoms. The Hall–Kier alpha value is -11.4. The number of hydrogen-bond donors (Lipinski definition) is 10. The van der Waals surface area contributed by atoms with Crippen LogP contribution in [0.15, 0.2) is 212 Å². The molecular formula is C111H117Cl5FN5O13. The number of ketones is 1. The molecule has 0 heterocycles. The van der Waals surface area contributed by atoms with E-state index in [0.717, 1.165) is 116 Å². The molecule has 10 atom stereocenters. The van der Waals surface area contributed by atoms with E-state index in [1.165, 1.54) is 32.4 Å². The number of halogens is 6. The lowest BCUT2D eigenvalue weighted by Gasteiger charge is -2.34. The van der Waals surface area contributed by atoms with Crippen LogP contribution in [0, 0.1) is 84.8 Å². The summed E-state index contributed by atoms with van der Waals surface area (Å²) in [6.45, 7) is 8.03. The van der Waals surface area contributed by atoms with Gasteiger partial charge in [-0.05, 0) is 275 Å². The van der Waals surface area contributed by atoms with Crippen LogP contribution in [0.2, 0.25) is 25.1 Å². The minimum atomic E-state index is -1.18. The summed E-state index contributed by atoms with van der Waals surface area (Å²) in [5.74, 6) is 29.5. The number of carbonyl (C=O) groups excluding carboxylic acids is 6. The highest BCUT2D eigenvalue weighted by Crippen LogP contribution is 2.35. The standard InChI is InChI=1S/C26H28ClNO5.2C22H22ClNO2.C21H19ClFNO2.C20H26ClNO2/c1-32-21-8-10-24(33-2)22(16-21)23(29)9-11-25(30)28-20-7-4-13-26(31,17-20)14-12-18-5-3-6-19(27)15-18;2*1-16-7-9-18(10-8-16)21(25)24-20-6-3-12-22(26,15-20)13-11-17-4-2-5-19(23)14-17;22-17-6-1-4-15(12-17)9-11-21(26)10-3-8-19(14-21)24-20(25)16-5-2-7-18(23)13-16;1-3-16(4-2)19(23)22-18-9-6-11-20(24,14-18)12-10-15-7-5-8-17(21)13-15/h3,5-6,8,10,15-16,20,31H,4,7,9,11,13,17H2,1-2H3,(H,28,30);2*2,4-5,7-10,14,20,26H,3,6,12,15H2,1H3,(H,24,25);1-2,4-7,12-13,19,26H,3,8,10,14H2,(H,24,25);5,7-8,13,16,18,24H,3-4,6,9,11,14H2,1-2H3,(H,22,23)/t20-,26+;2*20-,22+;19-,21+;18-,20+/m00000/s1. The van der Waals surface area contributed by atoms with E-state index in [0.29, 0.717) is 118 Å². The first-order chi connectivity index (χ1) is 64.6. The molecule has 0 bridgehead atoms. The van der Waals surface area contributed by atoms with Gasteiger partial charge in [-0.2, -0.15) is 0 Å². The average Bonchev–Trinajstić information content (AvgIpc) is 0.844. The van der Waals surface area contributed by atoms with Gasteiger partial charge in [-0.15, -0.1) is 0 Å². The van der Waals surface area contributed by atoms with Crippen LogP contribution in [0.25, 0.3) is 0 Å². The fourth-order valence-corrected chi connectivity index (χ4v) is 17.7. The Morgan fingerprint density at radius 1 is 0.378 bits per heavy atom. The molecule has 5 fully saturated rings. The number of amides is 5. The van der Waals surface area contributed by atoms with Gasteiger partial charge in [0.1, 0.15) is 45.3 Å². The summed E-state index contributed by atoms with van der Waals surface area (Å²) in [7, 11) is 3.01. The number of aliphatic hydroxyl groups is 5. The van der Waals surface area contributed by atoms with Gasteiger partial charge in [-0.1, -0.05) is 203 Å². The molecule has 706 valence electrons. The van der Waals surface area contributed by atoms with Crippen molar-refractivity contribution in [1.82, 2.24) is 26.6 Å². The van der Waals surface area contributed by atoms with Crippen molar-refractivity contribution in [2.24, 2.45) is 5.92 Å². The number of methoxy groups -OCH3 is 2. The van der Waals surface area contributed by atoms with Gasteiger partial charge in [0.25, 0.3) is 17.7 Å². The molecule has 0 aliphatic heterocycles. The fourth-order valence-electron chi connectivity index (χ4n) is 16.7. The Labute approximate surface area is 817 Å². The molecule has 5 saturated carbocycles. The molecule has 0 spiro atoms. The van der Waals surface area contributed by atoms with Crippen molar-refractivity contribution in [3.63, 3.8) is 0 Å². The summed E-state index contributed by atoms with van der Waals surface area (Å²) >= 11 is 29.8. The number of benzene rings is 9. The maximum absolute atomic E-state index is 13.3. The predicted molar refractivity (Wildman–Crippen MR) is 532 cm³/mol. The summed E-state index contributed by atoms with van der Waals surface area (Å²) in [5, 5.41) is 72.2. The summed E-state index contributed by atoms with van der Waals surface area (Å²) < 4.78 is 23.7. The summed E-state index contributed by atoms with van der Waals surface area (Å²) in [4.78, 5) is 74.5. The topological polar surface area (TPSA) is 282 Å². The molecule has 0 saturated heterocycles. The number of aryl methyl sites for hydroxylation is 2. The lowest BCUT2D eigenvalue weighted by Crippen LogP contribution is -2.46. The van der Waals surface area contributed by atoms with Crippen molar-refractivity contribution < 1.29 is 68.2 Å². The SMILES string of the molecule is CCC(CC)C(=O)N[C@H]1CCC[C@@](O)(C#Cc2cccc(Cl)c2)C1.COc1ccc(OC)c(C(=O)CCC(=O)N[C@H]2CCC[C@@](O)(C#Cc3cccc(Cl)c3)C2)c1.Cc1ccc(C(=O)N[C@H]2CCC[C@@](O)(C#Cc3cccc(Cl)c3)C2)cc1.Cc1ccc(C(=O)N[C@H]2CCC[C@@](O)(C#Cc3cccc(Cl)c3)C2)cc1.O=C(N[C@H]1CCC[C@@](O)(C#Cc2cccc(Cl)c2)C1)c1cccc(F)c1. The lowest BCUT2D eigenvalue weighted by molar-refractivity contribution is -0.126. The number of Topliss-reactive ketones (excluding diaryl/α,β-unsaturated/α-hetero) is 1. The zero-order valence-corrected chi connectivity index (χ0v) is 80.7. The lowest BCUT2D eigenvalue weighted by atomic mass is 9.81.